The highest BCUT2D eigenvalue weighted by Gasteiger charge is 2.45. The minimum Gasteiger partial charge on any atom is -0.392 e. The number of benzene rings is 1. The molecule has 3 fully saturated rings. The quantitative estimate of drug-likeness (QED) is 0.796. The third kappa shape index (κ3) is 4.19. The summed E-state index contributed by atoms with van der Waals surface area (Å²) in [5.74, 6) is 0.259. The minimum absolute atomic E-state index is 0.0130. The van der Waals surface area contributed by atoms with Crippen LogP contribution in [-0.4, -0.2) is 72.1 Å². The van der Waals surface area contributed by atoms with Gasteiger partial charge in [0, 0.05) is 49.6 Å². The second kappa shape index (κ2) is 8.44. The molecule has 6 heteroatoms. The van der Waals surface area contributed by atoms with Crippen molar-refractivity contribution in [2.75, 3.05) is 39.3 Å². The number of aryl methyl sites for hydroxylation is 1. The number of aliphatic hydroxyl groups excluding tert-OH is 1. The average Bonchev–Trinajstić information content (AvgIpc) is 2.76. The van der Waals surface area contributed by atoms with Crippen LogP contribution in [0.1, 0.15) is 48.0 Å². The first kappa shape index (κ1) is 20.4. The van der Waals surface area contributed by atoms with Crippen molar-refractivity contribution in [1.29, 1.82) is 0 Å². The highest BCUT2D eigenvalue weighted by Crippen LogP contribution is 2.37. The van der Waals surface area contributed by atoms with Gasteiger partial charge in [0.15, 0.2) is 0 Å². The van der Waals surface area contributed by atoms with Crippen molar-refractivity contribution in [2.24, 2.45) is 11.3 Å². The zero-order valence-corrected chi connectivity index (χ0v) is 17.4. The zero-order valence-electron chi connectivity index (χ0n) is 17.4. The summed E-state index contributed by atoms with van der Waals surface area (Å²) in [6.45, 7) is 6.36. The Morgan fingerprint density at radius 1 is 1.07 bits per heavy atom. The van der Waals surface area contributed by atoms with Crippen molar-refractivity contribution in [1.82, 2.24) is 15.1 Å². The standard InChI is InChI=1S/C23H33N3O3/c1-17-3-5-18(6-4-17)21(28)25-13-8-19(9-14-25)22(29)26-12-2-10-23(16-26)15-24-11-7-20(23)27/h3-6,19-20,24,27H,2,7-16H2,1H3/t20-,23-/m0/s1. The number of carbonyl (C=O) groups excluding carboxylic acids is 2. The van der Waals surface area contributed by atoms with Gasteiger partial charge in [0.25, 0.3) is 5.91 Å². The summed E-state index contributed by atoms with van der Waals surface area (Å²) in [5, 5.41) is 14.0. The molecule has 1 aromatic carbocycles. The lowest BCUT2D eigenvalue weighted by molar-refractivity contribution is -0.144. The first-order chi connectivity index (χ1) is 14.0. The van der Waals surface area contributed by atoms with Crippen LogP contribution in [0.15, 0.2) is 24.3 Å². The monoisotopic (exact) mass is 399 g/mol. The van der Waals surface area contributed by atoms with E-state index in [1.165, 1.54) is 0 Å². The van der Waals surface area contributed by atoms with E-state index in [-0.39, 0.29) is 29.3 Å². The SMILES string of the molecule is Cc1ccc(C(=O)N2CCC(C(=O)N3CCC[C@]4(CNCC[C@@H]4O)C3)CC2)cc1. The maximum atomic E-state index is 13.2. The topological polar surface area (TPSA) is 72.9 Å². The number of nitrogens with one attached hydrogen (secondary N) is 1. The Bertz CT molecular complexity index is 738. The van der Waals surface area contributed by atoms with Crippen LogP contribution in [0, 0.1) is 18.3 Å². The summed E-state index contributed by atoms with van der Waals surface area (Å²) < 4.78 is 0. The van der Waals surface area contributed by atoms with Crippen LogP contribution in [0.3, 0.4) is 0 Å². The molecule has 3 aliphatic heterocycles. The van der Waals surface area contributed by atoms with Crippen LogP contribution in [0.25, 0.3) is 0 Å². The maximum absolute atomic E-state index is 13.2. The second-order valence-corrected chi connectivity index (χ2v) is 9.14. The Morgan fingerprint density at radius 3 is 2.48 bits per heavy atom. The first-order valence-corrected chi connectivity index (χ1v) is 11.0. The number of likely N-dealkylation sites (tertiary alicyclic amines) is 2. The number of rotatable bonds is 2. The lowest BCUT2D eigenvalue weighted by Gasteiger charge is -2.49. The molecular weight excluding hydrogens is 366 g/mol. The molecule has 3 saturated heterocycles. The molecule has 0 unspecified atom stereocenters. The molecule has 1 spiro atoms. The predicted octanol–water partition coefficient (Wildman–Crippen LogP) is 1.81. The van der Waals surface area contributed by atoms with E-state index in [9.17, 15) is 14.7 Å². The van der Waals surface area contributed by atoms with Crippen LogP contribution in [0.2, 0.25) is 0 Å². The Hall–Kier alpha value is -1.92. The van der Waals surface area contributed by atoms with Gasteiger partial charge in [0.2, 0.25) is 5.91 Å². The van der Waals surface area contributed by atoms with E-state index >= 15 is 0 Å². The van der Waals surface area contributed by atoms with Gasteiger partial charge in [-0.25, -0.2) is 0 Å². The lowest BCUT2D eigenvalue weighted by atomic mass is 9.72. The van der Waals surface area contributed by atoms with Gasteiger partial charge in [0.05, 0.1) is 6.10 Å². The van der Waals surface area contributed by atoms with Gasteiger partial charge in [-0.1, -0.05) is 17.7 Å². The molecular formula is C23H33N3O3. The fraction of sp³-hybridized carbons (Fsp3) is 0.652. The van der Waals surface area contributed by atoms with E-state index in [0.29, 0.717) is 19.6 Å². The minimum atomic E-state index is -0.326. The summed E-state index contributed by atoms with van der Waals surface area (Å²) in [7, 11) is 0. The second-order valence-electron chi connectivity index (χ2n) is 9.14. The molecule has 2 atom stereocenters. The van der Waals surface area contributed by atoms with Gasteiger partial charge in [0.1, 0.15) is 0 Å². The molecule has 3 heterocycles. The van der Waals surface area contributed by atoms with Gasteiger partial charge in [-0.05, 0) is 57.7 Å². The van der Waals surface area contributed by atoms with Crippen molar-refractivity contribution in [3.8, 4) is 0 Å². The Kier molecular flexibility index (Phi) is 5.93. The van der Waals surface area contributed by atoms with Crippen LogP contribution in [0.4, 0.5) is 0 Å². The van der Waals surface area contributed by atoms with Crippen LogP contribution in [-0.2, 0) is 4.79 Å². The first-order valence-electron chi connectivity index (χ1n) is 11.0. The molecule has 4 rings (SSSR count). The summed E-state index contributed by atoms with van der Waals surface area (Å²) in [4.78, 5) is 29.8. The number of carbonyl (C=O) groups is 2. The van der Waals surface area contributed by atoms with E-state index in [1.54, 1.807) is 0 Å². The van der Waals surface area contributed by atoms with Crippen molar-refractivity contribution < 1.29 is 14.7 Å². The van der Waals surface area contributed by atoms with E-state index in [2.05, 4.69) is 5.32 Å². The molecule has 0 aliphatic carbocycles. The summed E-state index contributed by atoms with van der Waals surface area (Å²) in [6.07, 6.45) is 3.82. The fourth-order valence-electron chi connectivity index (χ4n) is 5.23. The van der Waals surface area contributed by atoms with E-state index in [1.807, 2.05) is 41.0 Å². The van der Waals surface area contributed by atoms with Gasteiger partial charge < -0.3 is 20.2 Å². The molecule has 6 nitrogen and oxygen atoms in total. The normalized spacial score (nSPS) is 28.6. The van der Waals surface area contributed by atoms with Crippen molar-refractivity contribution in [2.45, 2.75) is 45.1 Å². The molecule has 158 valence electrons. The Balaban J connectivity index is 1.34. The maximum Gasteiger partial charge on any atom is 0.253 e. The van der Waals surface area contributed by atoms with Gasteiger partial charge in [-0.15, -0.1) is 0 Å². The third-order valence-electron chi connectivity index (χ3n) is 7.13. The third-order valence-corrected chi connectivity index (χ3v) is 7.13. The number of hydrogen-bond acceptors (Lipinski definition) is 4. The van der Waals surface area contributed by atoms with E-state index in [4.69, 9.17) is 0 Å². The van der Waals surface area contributed by atoms with E-state index in [0.717, 1.165) is 62.9 Å². The smallest absolute Gasteiger partial charge is 0.253 e. The van der Waals surface area contributed by atoms with Gasteiger partial charge in [-0.3, -0.25) is 9.59 Å². The van der Waals surface area contributed by atoms with E-state index < -0.39 is 0 Å². The number of nitrogens with zero attached hydrogens (tertiary/aromatic N) is 2. The largest absolute Gasteiger partial charge is 0.392 e. The van der Waals surface area contributed by atoms with Gasteiger partial charge in [-0.2, -0.15) is 0 Å². The molecule has 0 bridgehead atoms. The van der Waals surface area contributed by atoms with Crippen LogP contribution < -0.4 is 5.32 Å². The molecule has 2 N–H and O–H groups in total. The summed E-state index contributed by atoms with van der Waals surface area (Å²) in [6, 6.07) is 7.69. The predicted molar refractivity (Wildman–Crippen MR) is 112 cm³/mol. The summed E-state index contributed by atoms with van der Waals surface area (Å²) >= 11 is 0. The Morgan fingerprint density at radius 2 is 1.79 bits per heavy atom. The molecule has 0 radical (unpaired) electrons. The van der Waals surface area contributed by atoms with Crippen molar-refractivity contribution >= 4 is 11.8 Å². The lowest BCUT2D eigenvalue weighted by Crippen LogP contribution is -2.59. The molecule has 0 aromatic heterocycles. The number of aliphatic hydroxyl groups is 1. The van der Waals surface area contributed by atoms with Crippen LogP contribution >= 0.6 is 0 Å². The molecule has 2 amide bonds. The average molecular weight is 400 g/mol. The number of piperidine rings is 3. The Labute approximate surface area is 173 Å². The number of hydrogen-bond donors (Lipinski definition) is 2. The highest BCUT2D eigenvalue weighted by atomic mass is 16.3. The van der Waals surface area contributed by atoms with Crippen LogP contribution in [0.5, 0.6) is 0 Å². The molecule has 0 saturated carbocycles. The number of amides is 2. The fourth-order valence-corrected chi connectivity index (χ4v) is 5.23. The molecule has 1 aromatic rings. The van der Waals surface area contributed by atoms with Gasteiger partial charge >= 0.3 is 0 Å². The van der Waals surface area contributed by atoms with Crippen molar-refractivity contribution in [3.63, 3.8) is 0 Å². The highest BCUT2D eigenvalue weighted by molar-refractivity contribution is 5.94. The summed E-state index contributed by atoms with van der Waals surface area (Å²) in [5.41, 5.74) is 1.68. The van der Waals surface area contributed by atoms with Crippen molar-refractivity contribution in [3.05, 3.63) is 35.4 Å². The zero-order chi connectivity index (χ0) is 20.4. The molecule has 3 aliphatic rings. The molecule has 29 heavy (non-hydrogen) atoms.